The first-order valence-corrected chi connectivity index (χ1v) is 5.64. The Morgan fingerprint density at radius 1 is 1.40 bits per heavy atom. The molecule has 0 saturated carbocycles. The molecule has 15 heavy (non-hydrogen) atoms. The standard InChI is InChI=1S/C11H12N2OS/c1-2-8-7-15-11(13-8)14-10-6-4-3-5-9(10)12/h3-7H,2,12H2,1H3. The highest BCUT2D eigenvalue weighted by atomic mass is 32.1. The molecule has 0 atom stereocenters. The number of nitrogens with two attached hydrogens (primary N) is 1. The van der Waals surface area contributed by atoms with Gasteiger partial charge in [0.2, 0.25) is 0 Å². The quantitative estimate of drug-likeness (QED) is 0.809. The van der Waals surface area contributed by atoms with Gasteiger partial charge in [0.15, 0.2) is 5.75 Å². The molecule has 3 nitrogen and oxygen atoms in total. The van der Waals surface area contributed by atoms with Gasteiger partial charge in [0.25, 0.3) is 5.19 Å². The molecule has 4 heteroatoms. The third-order valence-corrected chi connectivity index (χ3v) is 2.78. The Morgan fingerprint density at radius 3 is 2.87 bits per heavy atom. The molecule has 2 rings (SSSR count). The Bertz CT molecular complexity index is 453. The lowest BCUT2D eigenvalue weighted by atomic mass is 10.3. The normalized spacial score (nSPS) is 10.2. The number of thiazole rings is 1. The van der Waals surface area contributed by atoms with Crippen molar-refractivity contribution in [1.82, 2.24) is 4.98 Å². The zero-order valence-electron chi connectivity index (χ0n) is 8.43. The molecule has 0 aliphatic heterocycles. The van der Waals surface area contributed by atoms with Crippen LogP contribution in [0.25, 0.3) is 0 Å². The van der Waals surface area contributed by atoms with Crippen LogP contribution in [0, 0.1) is 0 Å². The average molecular weight is 220 g/mol. The van der Waals surface area contributed by atoms with Gasteiger partial charge < -0.3 is 10.5 Å². The summed E-state index contributed by atoms with van der Waals surface area (Å²) in [6, 6.07) is 7.41. The number of hydrogen-bond donors (Lipinski definition) is 1. The van der Waals surface area contributed by atoms with Crippen molar-refractivity contribution in [2.45, 2.75) is 13.3 Å². The number of rotatable bonds is 3. The van der Waals surface area contributed by atoms with Crippen molar-refractivity contribution in [1.29, 1.82) is 0 Å². The van der Waals surface area contributed by atoms with Gasteiger partial charge in [0.1, 0.15) is 0 Å². The number of aryl methyl sites for hydroxylation is 1. The van der Waals surface area contributed by atoms with E-state index >= 15 is 0 Å². The minimum atomic E-state index is 0.630. The molecule has 0 spiro atoms. The molecule has 0 amide bonds. The summed E-state index contributed by atoms with van der Waals surface area (Å²) < 4.78 is 5.57. The van der Waals surface area contributed by atoms with Gasteiger partial charge in [-0.2, -0.15) is 0 Å². The van der Waals surface area contributed by atoms with Gasteiger partial charge >= 0.3 is 0 Å². The summed E-state index contributed by atoms with van der Waals surface area (Å²) in [4.78, 5) is 4.31. The Hall–Kier alpha value is -1.55. The maximum Gasteiger partial charge on any atom is 0.278 e. The number of benzene rings is 1. The van der Waals surface area contributed by atoms with Crippen molar-refractivity contribution in [2.75, 3.05) is 5.73 Å². The summed E-state index contributed by atoms with van der Waals surface area (Å²) in [5, 5.41) is 2.64. The molecule has 0 saturated heterocycles. The van der Waals surface area contributed by atoms with Gasteiger partial charge in [-0.25, -0.2) is 4.98 Å². The fourth-order valence-corrected chi connectivity index (χ4v) is 1.93. The van der Waals surface area contributed by atoms with Crippen molar-refractivity contribution in [3.8, 4) is 10.9 Å². The third kappa shape index (κ3) is 2.27. The van der Waals surface area contributed by atoms with Crippen molar-refractivity contribution >= 4 is 17.0 Å². The number of nitrogen functional groups attached to an aromatic ring is 1. The van der Waals surface area contributed by atoms with Crippen LogP contribution < -0.4 is 10.5 Å². The van der Waals surface area contributed by atoms with Crippen LogP contribution in [0.1, 0.15) is 12.6 Å². The predicted octanol–water partition coefficient (Wildman–Crippen LogP) is 3.08. The number of anilines is 1. The molecule has 0 fully saturated rings. The van der Waals surface area contributed by atoms with E-state index in [-0.39, 0.29) is 0 Å². The summed E-state index contributed by atoms with van der Waals surface area (Å²) in [5.74, 6) is 0.662. The largest absolute Gasteiger partial charge is 0.429 e. The first kappa shape index (κ1) is 9.98. The van der Waals surface area contributed by atoms with Crippen molar-refractivity contribution in [3.63, 3.8) is 0 Å². The second kappa shape index (κ2) is 4.31. The van der Waals surface area contributed by atoms with E-state index in [0.29, 0.717) is 16.6 Å². The van der Waals surface area contributed by atoms with Gasteiger partial charge in [-0.1, -0.05) is 30.4 Å². The van der Waals surface area contributed by atoms with Gasteiger partial charge in [-0.05, 0) is 18.6 Å². The fraction of sp³-hybridized carbons (Fsp3) is 0.182. The minimum Gasteiger partial charge on any atom is -0.429 e. The molecule has 78 valence electrons. The molecule has 1 heterocycles. The lowest BCUT2D eigenvalue weighted by Gasteiger charge is -2.03. The smallest absolute Gasteiger partial charge is 0.278 e. The van der Waals surface area contributed by atoms with Crippen LogP contribution in [0.3, 0.4) is 0 Å². The van der Waals surface area contributed by atoms with Crippen LogP contribution in [-0.2, 0) is 6.42 Å². The van der Waals surface area contributed by atoms with E-state index in [1.54, 1.807) is 0 Å². The topological polar surface area (TPSA) is 48.1 Å². The van der Waals surface area contributed by atoms with Crippen molar-refractivity contribution in [3.05, 3.63) is 35.3 Å². The van der Waals surface area contributed by atoms with Crippen LogP contribution in [0.4, 0.5) is 5.69 Å². The Kier molecular flexibility index (Phi) is 2.87. The molecule has 1 aromatic heterocycles. The van der Waals surface area contributed by atoms with E-state index in [4.69, 9.17) is 10.5 Å². The number of para-hydroxylation sites is 2. The second-order valence-corrected chi connectivity index (χ2v) is 3.92. The lowest BCUT2D eigenvalue weighted by Crippen LogP contribution is -1.91. The molecular weight excluding hydrogens is 208 g/mol. The molecule has 2 aromatic rings. The summed E-state index contributed by atoms with van der Waals surface area (Å²) in [6.45, 7) is 2.07. The van der Waals surface area contributed by atoms with Gasteiger partial charge in [0, 0.05) is 5.38 Å². The molecule has 0 bridgehead atoms. The lowest BCUT2D eigenvalue weighted by molar-refractivity contribution is 0.479. The number of ether oxygens (including phenoxy) is 1. The SMILES string of the molecule is CCc1csc(Oc2ccccc2N)n1. The van der Waals surface area contributed by atoms with Gasteiger partial charge in [-0.15, -0.1) is 0 Å². The average Bonchev–Trinajstić information content (AvgIpc) is 2.69. The first-order chi connectivity index (χ1) is 7.29. The zero-order valence-corrected chi connectivity index (χ0v) is 9.25. The van der Waals surface area contributed by atoms with E-state index < -0.39 is 0 Å². The molecule has 1 aromatic carbocycles. The Labute approximate surface area is 92.5 Å². The zero-order chi connectivity index (χ0) is 10.7. The van der Waals surface area contributed by atoms with Crippen molar-refractivity contribution < 1.29 is 4.74 Å². The summed E-state index contributed by atoms with van der Waals surface area (Å²) in [6.07, 6.45) is 0.921. The maximum atomic E-state index is 5.76. The Morgan fingerprint density at radius 2 is 2.20 bits per heavy atom. The number of nitrogens with zero attached hydrogens (tertiary/aromatic N) is 1. The van der Waals surface area contributed by atoms with Crippen LogP contribution in [0.15, 0.2) is 29.6 Å². The van der Waals surface area contributed by atoms with Crippen LogP contribution >= 0.6 is 11.3 Å². The second-order valence-electron chi connectivity index (χ2n) is 3.10. The van der Waals surface area contributed by atoms with E-state index in [0.717, 1.165) is 12.1 Å². The summed E-state index contributed by atoms with van der Waals surface area (Å²) in [7, 11) is 0. The third-order valence-electron chi connectivity index (χ3n) is 2.01. The van der Waals surface area contributed by atoms with Crippen LogP contribution in [-0.4, -0.2) is 4.98 Å². The highest BCUT2D eigenvalue weighted by molar-refractivity contribution is 7.11. The molecular formula is C11H12N2OS. The van der Waals surface area contributed by atoms with Gasteiger partial charge in [0.05, 0.1) is 11.4 Å². The fourth-order valence-electron chi connectivity index (χ4n) is 1.17. The van der Waals surface area contributed by atoms with E-state index in [1.165, 1.54) is 11.3 Å². The first-order valence-electron chi connectivity index (χ1n) is 4.76. The molecule has 0 unspecified atom stereocenters. The summed E-state index contributed by atoms with van der Waals surface area (Å²) >= 11 is 1.49. The minimum absolute atomic E-state index is 0.630. The monoisotopic (exact) mass is 220 g/mol. The van der Waals surface area contributed by atoms with Crippen molar-refractivity contribution in [2.24, 2.45) is 0 Å². The molecule has 2 N–H and O–H groups in total. The maximum absolute atomic E-state index is 5.76. The van der Waals surface area contributed by atoms with Gasteiger partial charge in [-0.3, -0.25) is 0 Å². The summed E-state index contributed by atoms with van der Waals surface area (Å²) in [5.41, 5.74) is 7.44. The number of hydrogen-bond acceptors (Lipinski definition) is 4. The van der Waals surface area contributed by atoms with E-state index in [1.807, 2.05) is 29.6 Å². The van der Waals surface area contributed by atoms with E-state index in [2.05, 4.69) is 11.9 Å². The van der Waals surface area contributed by atoms with Crippen LogP contribution in [0.2, 0.25) is 0 Å². The number of aromatic nitrogens is 1. The molecule has 0 aliphatic rings. The molecule has 0 radical (unpaired) electrons. The van der Waals surface area contributed by atoms with E-state index in [9.17, 15) is 0 Å². The Balaban J connectivity index is 2.18. The highest BCUT2D eigenvalue weighted by Crippen LogP contribution is 2.29. The highest BCUT2D eigenvalue weighted by Gasteiger charge is 2.04. The molecule has 0 aliphatic carbocycles. The predicted molar refractivity (Wildman–Crippen MR) is 62.4 cm³/mol. The van der Waals surface area contributed by atoms with Crippen LogP contribution in [0.5, 0.6) is 10.9 Å².